The van der Waals surface area contributed by atoms with Crippen LogP contribution in [0.15, 0.2) is 0 Å². The van der Waals surface area contributed by atoms with E-state index in [0.29, 0.717) is 25.0 Å². The molecule has 1 atom stereocenters. The molecule has 0 aromatic heterocycles. The van der Waals surface area contributed by atoms with E-state index in [9.17, 15) is 8.42 Å². The van der Waals surface area contributed by atoms with E-state index in [4.69, 9.17) is 0 Å². The quantitative estimate of drug-likeness (QED) is 0.687. The highest BCUT2D eigenvalue weighted by Gasteiger charge is 2.36. The van der Waals surface area contributed by atoms with E-state index in [-0.39, 0.29) is 5.41 Å². The lowest BCUT2D eigenvalue weighted by molar-refractivity contribution is 0.236. The van der Waals surface area contributed by atoms with Gasteiger partial charge in [0.25, 0.3) is 0 Å². The van der Waals surface area contributed by atoms with Crippen LogP contribution >= 0.6 is 0 Å². The van der Waals surface area contributed by atoms with E-state index in [1.165, 1.54) is 12.8 Å². The standard InChI is InChI=1S/C16H34N2O2S/c1-13(2)10-16(8-6-7-9-16)12-18-21(19,20)15(5)11-17-14(3)4/h13-15,17-18H,6-12H2,1-5H3. The molecular formula is C16H34N2O2S. The van der Waals surface area contributed by atoms with Gasteiger partial charge < -0.3 is 5.32 Å². The summed E-state index contributed by atoms with van der Waals surface area (Å²) in [6.45, 7) is 11.4. The van der Waals surface area contributed by atoms with Crippen LogP contribution in [0.1, 0.15) is 66.7 Å². The van der Waals surface area contributed by atoms with Crippen molar-refractivity contribution >= 4 is 10.0 Å². The molecule has 0 aromatic rings. The second kappa shape index (κ2) is 7.93. The van der Waals surface area contributed by atoms with Gasteiger partial charge in [-0.3, -0.25) is 0 Å². The van der Waals surface area contributed by atoms with Crippen molar-refractivity contribution < 1.29 is 8.42 Å². The molecule has 1 saturated carbocycles. The Balaban J connectivity index is 2.57. The second-order valence-corrected chi connectivity index (χ2v) is 9.73. The SMILES string of the molecule is CC(C)CC1(CNS(=O)(=O)C(C)CNC(C)C)CCCC1. The molecule has 126 valence electrons. The van der Waals surface area contributed by atoms with Crippen molar-refractivity contribution in [2.24, 2.45) is 11.3 Å². The summed E-state index contributed by atoms with van der Waals surface area (Å²) in [4.78, 5) is 0. The van der Waals surface area contributed by atoms with Crippen LogP contribution in [0.25, 0.3) is 0 Å². The van der Waals surface area contributed by atoms with Crippen LogP contribution < -0.4 is 10.0 Å². The molecule has 21 heavy (non-hydrogen) atoms. The molecule has 5 heteroatoms. The molecule has 1 aliphatic rings. The summed E-state index contributed by atoms with van der Waals surface area (Å²) in [5.74, 6) is 0.618. The van der Waals surface area contributed by atoms with E-state index in [1.807, 2.05) is 13.8 Å². The zero-order valence-electron chi connectivity index (χ0n) is 14.4. The van der Waals surface area contributed by atoms with E-state index < -0.39 is 15.3 Å². The van der Waals surface area contributed by atoms with Crippen molar-refractivity contribution in [2.45, 2.75) is 78.0 Å². The fraction of sp³-hybridized carbons (Fsp3) is 1.00. The van der Waals surface area contributed by atoms with E-state index in [1.54, 1.807) is 6.92 Å². The van der Waals surface area contributed by atoms with Crippen LogP contribution in [0.2, 0.25) is 0 Å². The number of hydrogen-bond acceptors (Lipinski definition) is 3. The lowest BCUT2D eigenvalue weighted by Gasteiger charge is -2.31. The Morgan fingerprint density at radius 1 is 1.05 bits per heavy atom. The van der Waals surface area contributed by atoms with Crippen LogP contribution in [0, 0.1) is 11.3 Å². The monoisotopic (exact) mass is 318 g/mol. The third kappa shape index (κ3) is 6.25. The summed E-state index contributed by atoms with van der Waals surface area (Å²) in [7, 11) is -3.23. The smallest absolute Gasteiger partial charge is 0.215 e. The molecule has 0 amide bonds. The molecule has 2 N–H and O–H groups in total. The van der Waals surface area contributed by atoms with E-state index in [0.717, 1.165) is 19.3 Å². The summed E-state index contributed by atoms with van der Waals surface area (Å²) < 4.78 is 27.7. The van der Waals surface area contributed by atoms with Gasteiger partial charge in [0.15, 0.2) is 0 Å². The molecule has 0 radical (unpaired) electrons. The number of rotatable bonds is 9. The molecular weight excluding hydrogens is 284 g/mol. The topological polar surface area (TPSA) is 58.2 Å². The highest BCUT2D eigenvalue weighted by Crippen LogP contribution is 2.42. The molecule has 4 nitrogen and oxygen atoms in total. The summed E-state index contributed by atoms with van der Waals surface area (Å²) in [5, 5.41) is 2.81. The summed E-state index contributed by atoms with van der Waals surface area (Å²) in [6, 6.07) is 0.310. The molecule has 0 aromatic carbocycles. The highest BCUT2D eigenvalue weighted by atomic mass is 32.2. The van der Waals surface area contributed by atoms with Crippen molar-refractivity contribution in [3.05, 3.63) is 0 Å². The minimum atomic E-state index is -3.23. The summed E-state index contributed by atoms with van der Waals surface area (Å²) >= 11 is 0. The second-order valence-electron chi connectivity index (χ2n) is 7.54. The first-order valence-corrected chi connectivity index (χ1v) is 9.93. The number of hydrogen-bond donors (Lipinski definition) is 2. The Bertz CT molecular complexity index is 399. The Morgan fingerprint density at radius 3 is 2.10 bits per heavy atom. The Kier molecular flexibility index (Phi) is 7.14. The fourth-order valence-corrected chi connectivity index (χ4v) is 4.46. The molecule has 0 spiro atoms. The third-order valence-electron chi connectivity index (χ3n) is 4.50. The van der Waals surface area contributed by atoms with Gasteiger partial charge in [0.05, 0.1) is 5.25 Å². The van der Waals surface area contributed by atoms with Crippen molar-refractivity contribution in [3.8, 4) is 0 Å². The predicted octanol–water partition coefficient (Wildman–Crippen LogP) is 2.90. The zero-order valence-corrected chi connectivity index (χ0v) is 15.2. The lowest BCUT2D eigenvalue weighted by Crippen LogP contribution is -2.44. The van der Waals surface area contributed by atoms with Crippen molar-refractivity contribution in [1.82, 2.24) is 10.0 Å². The zero-order chi connectivity index (χ0) is 16.1. The first kappa shape index (κ1) is 18.9. The van der Waals surface area contributed by atoms with Gasteiger partial charge in [-0.1, -0.05) is 40.5 Å². The van der Waals surface area contributed by atoms with Gasteiger partial charge >= 0.3 is 0 Å². The summed E-state index contributed by atoms with van der Waals surface area (Å²) in [6.07, 6.45) is 5.91. The number of sulfonamides is 1. The molecule has 0 saturated heterocycles. The van der Waals surface area contributed by atoms with Crippen molar-refractivity contribution in [2.75, 3.05) is 13.1 Å². The van der Waals surface area contributed by atoms with Gasteiger partial charge in [0, 0.05) is 19.1 Å². The van der Waals surface area contributed by atoms with Gasteiger partial charge in [0.1, 0.15) is 0 Å². The van der Waals surface area contributed by atoms with Crippen LogP contribution in [-0.4, -0.2) is 32.8 Å². The third-order valence-corrected chi connectivity index (χ3v) is 6.27. The molecule has 1 fully saturated rings. The fourth-order valence-electron chi connectivity index (χ4n) is 3.35. The van der Waals surface area contributed by atoms with Gasteiger partial charge in [-0.25, -0.2) is 13.1 Å². The van der Waals surface area contributed by atoms with E-state index >= 15 is 0 Å². The van der Waals surface area contributed by atoms with Crippen LogP contribution in [0.4, 0.5) is 0 Å². The van der Waals surface area contributed by atoms with Gasteiger partial charge in [0.2, 0.25) is 10.0 Å². The average molecular weight is 319 g/mol. The maximum absolute atomic E-state index is 12.4. The van der Waals surface area contributed by atoms with Crippen LogP contribution in [0.5, 0.6) is 0 Å². The molecule has 0 bridgehead atoms. The first-order valence-electron chi connectivity index (χ1n) is 8.39. The summed E-state index contributed by atoms with van der Waals surface area (Å²) in [5.41, 5.74) is 0.187. The minimum absolute atomic E-state index is 0.187. The number of nitrogens with one attached hydrogen (secondary N) is 2. The highest BCUT2D eigenvalue weighted by molar-refractivity contribution is 7.90. The molecule has 0 aliphatic heterocycles. The van der Waals surface area contributed by atoms with E-state index in [2.05, 4.69) is 23.9 Å². The molecule has 1 aliphatic carbocycles. The average Bonchev–Trinajstić information content (AvgIpc) is 2.81. The first-order chi connectivity index (χ1) is 9.67. The molecule has 1 rings (SSSR count). The molecule has 0 heterocycles. The largest absolute Gasteiger partial charge is 0.313 e. The normalized spacial score (nSPS) is 20.3. The van der Waals surface area contributed by atoms with Crippen LogP contribution in [-0.2, 0) is 10.0 Å². The Hall–Kier alpha value is -0.130. The lowest BCUT2D eigenvalue weighted by atomic mass is 9.79. The van der Waals surface area contributed by atoms with Gasteiger partial charge in [-0.2, -0.15) is 0 Å². The van der Waals surface area contributed by atoms with Crippen LogP contribution in [0.3, 0.4) is 0 Å². The minimum Gasteiger partial charge on any atom is -0.313 e. The van der Waals surface area contributed by atoms with Crippen molar-refractivity contribution in [1.29, 1.82) is 0 Å². The maximum Gasteiger partial charge on any atom is 0.215 e. The van der Waals surface area contributed by atoms with Crippen molar-refractivity contribution in [3.63, 3.8) is 0 Å². The molecule has 1 unspecified atom stereocenters. The predicted molar refractivity (Wildman–Crippen MR) is 89.9 cm³/mol. The maximum atomic E-state index is 12.4. The van der Waals surface area contributed by atoms with Gasteiger partial charge in [-0.05, 0) is 37.5 Å². The Morgan fingerprint density at radius 2 is 1.62 bits per heavy atom. The Labute approximate surface area is 131 Å². The van der Waals surface area contributed by atoms with Gasteiger partial charge in [-0.15, -0.1) is 0 Å².